The van der Waals surface area contributed by atoms with E-state index in [0.29, 0.717) is 5.17 Å². The monoisotopic (exact) mass is 263 g/mol. The minimum absolute atomic E-state index is 0.0890. The van der Waals surface area contributed by atoms with Gasteiger partial charge in [0.2, 0.25) is 0 Å². The second-order valence-electron chi connectivity index (χ2n) is 5.01. The standard InChI is InChI=1S/C14H17NO2S/c1-9-4-3-5-11(10(9)2)16-12-6-7-15-8-13(12)17-14(15)18/h3-5,12-13H,6-8H2,1-2H3/t12-,13-/m1/s1. The normalized spacial score (nSPS) is 26.1. The van der Waals surface area contributed by atoms with Crippen molar-refractivity contribution in [2.75, 3.05) is 13.1 Å². The van der Waals surface area contributed by atoms with Crippen molar-refractivity contribution in [1.29, 1.82) is 0 Å². The maximum Gasteiger partial charge on any atom is 0.259 e. The fraction of sp³-hybridized carbons (Fsp3) is 0.500. The first kappa shape index (κ1) is 11.8. The largest absolute Gasteiger partial charge is 0.486 e. The van der Waals surface area contributed by atoms with E-state index in [0.717, 1.165) is 25.3 Å². The predicted octanol–water partition coefficient (Wildman–Crippen LogP) is 2.44. The van der Waals surface area contributed by atoms with Crippen molar-refractivity contribution in [2.45, 2.75) is 32.5 Å². The van der Waals surface area contributed by atoms with Gasteiger partial charge >= 0.3 is 0 Å². The van der Waals surface area contributed by atoms with Gasteiger partial charge in [0.1, 0.15) is 11.9 Å². The van der Waals surface area contributed by atoms with E-state index in [2.05, 4.69) is 24.8 Å². The van der Waals surface area contributed by atoms with E-state index in [1.165, 1.54) is 11.1 Å². The summed E-state index contributed by atoms with van der Waals surface area (Å²) in [5.41, 5.74) is 2.47. The van der Waals surface area contributed by atoms with Gasteiger partial charge in [-0.1, -0.05) is 12.1 Å². The molecule has 2 atom stereocenters. The quantitative estimate of drug-likeness (QED) is 0.764. The molecule has 1 aromatic rings. The second-order valence-corrected chi connectivity index (χ2v) is 5.36. The third-order valence-corrected chi connectivity index (χ3v) is 4.20. The van der Waals surface area contributed by atoms with E-state index in [9.17, 15) is 0 Å². The van der Waals surface area contributed by atoms with Crippen molar-refractivity contribution >= 4 is 17.4 Å². The molecule has 0 unspecified atom stereocenters. The molecule has 96 valence electrons. The number of hydrogen-bond donors (Lipinski definition) is 0. The summed E-state index contributed by atoms with van der Waals surface area (Å²) in [5.74, 6) is 0.967. The lowest BCUT2D eigenvalue weighted by Crippen LogP contribution is -2.42. The van der Waals surface area contributed by atoms with Crippen molar-refractivity contribution in [3.8, 4) is 5.75 Å². The lowest BCUT2D eigenvalue weighted by atomic mass is 10.1. The molecule has 0 saturated carbocycles. The maximum absolute atomic E-state index is 6.13. The molecule has 4 heteroatoms. The molecule has 0 N–H and O–H groups in total. The van der Waals surface area contributed by atoms with Crippen LogP contribution in [0.1, 0.15) is 17.5 Å². The van der Waals surface area contributed by atoms with E-state index in [4.69, 9.17) is 21.7 Å². The number of benzene rings is 1. The molecule has 18 heavy (non-hydrogen) atoms. The van der Waals surface area contributed by atoms with Gasteiger partial charge in [-0.25, -0.2) is 0 Å². The molecule has 2 aliphatic rings. The Morgan fingerprint density at radius 1 is 1.39 bits per heavy atom. The van der Waals surface area contributed by atoms with E-state index in [1.54, 1.807) is 0 Å². The molecular weight excluding hydrogens is 246 g/mol. The van der Waals surface area contributed by atoms with Gasteiger partial charge in [0.05, 0.1) is 6.54 Å². The van der Waals surface area contributed by atoms with Crippen molar-refractivity contribution in [3.05, 3.63) is 29.3 Å². The average molecular weight is 263 g/mol. The Bertz CT molecular complexity index is 489. The number of nitrogens with zero attached hydrogens (tertiary/aromatic N) is 1. The molecule has 1 aromatic carbocycles. The van der Waals surface area contributed by atoms with Gasteiger partial charge in [0, 0.05) is 13.0 Å². The van der Waals surface area contributed by atoms with E-state index in [-0.39, 0.29) is 12.2 Å². The summed E-state index contributed by atoms with van der Waals surface area (Å²) in [5, 5.41) is 0.632. The van der Waals surface area contributed by atoms with Crippen LogP contribution in [0.25, 0.3) is 0 Å². The van der Waals surface area contributed by atoms with Crippen LogP contribution in [0.15, 0.2) is 18.2 Å². The highest BCUT2D eigenvalue weighted by molar-refractivity contribution is 7.80. The summed E-state index contributed by atoms with van der Waals surface area (Å²) in [6, 6.07) is 6.17. The lowest BCUT2D eigenvalue weighted by molar-refractivity contribution is 0.0473. The first-order valence-corrected chi connectivity index (χ1v) is 6.74. The molecule has 2 bridgehead atoms. The third-order valence-electron chi connectivity index (χ3n) is 3.84. The maximum atomic E-state index is 6.13. The number of aryl methyl sites for hydroxylation is 1. The molecule has 0 radical (unpaired) electrons. The Hall–Kier alpha value is -1.29. The topological polar surface area (TPSA) is 21.7 Å². The second kappa shape index (κ2) is 4.43. The van der Waals surface area contributed by atoms with Crippen LogP contribution in [0.4, 0.5) is 0 Å². The van der Waals surface area contributed by atoms with Gasteiger partial charge < -0.3 is 14.4 Å². The molecule has 0 spiro atoms. The van der Waals surface area contributed by atoms with Crippen LogP contribution < -0.4 is 4.74 Å². The number of piperidine rings is 1. The SMILES string of the molecule is Cc1cccc(O[C@@H]2CCN3C[C@H]2OC3=S)c1C. The summed E-state index contributed by atoms with van der Waals surface area (Å²) >= 11 is 5.17. The Morgan fingerprint density at radius 2 is 2.22 bits per heavy atom. The first-order chi connectivity index (χ1) is 8.65. The Kier molecular flexibility index (Phi) is 2.90. The molecule has 2 fully saturated rings. The average Bonchev–Trinajstić information content (AvgIpc) is 2.65. The van der Waals surface area contributed by atoms with Crippen LogP contribution in [0.3, 0.4) is 0 Å². The third kappa shape index (κ3) is 1.94. The van der Waals surface area contributed by atoms with Crippen molar-refractivity contribution in [1.82, 2.24) is 4.90 Å². The van der Waals surface area contributed by atoms with Crippen LogP contribution in [-0.2, 0) is 4.74 Å². The van der Waals surface area contributed by atoms with E-state index < -0.39 is 0 Å². The van der Waals surface area contributed by atoms with Gasteiger partial charge in [-0.05, 0) is 43.3 Å². The molecule has 0 aliphatic carbocycles. The fourth-order valence-corrected chi connectivity index (χ4v) is 2.82. The zero-order chi connectivity index (χ0) is 12.7. The van der Waals surface area contributed by atoms with Gasteiger partial charge in [0.25, 0.3) is 5.17 Å². The molecule has 3 nitrogen and oxygen atoms in total. The molecule has 2 saturated heterocycles. The summed E-state index contributed by atoms with van der Waals surface area (Å²) in [6.45, 7) is 6.01. The number of thiocarbonyl (C=S) groups is 1. The van der Waals surface area contributed by atoms with Crippen LogP contribution in [0, 0.1) is 13.8 Å². The highest BCUT2D eigenvalue weighted by Crippen LogP contribution is 2.29. The van der Waals surface area contributed by atoms with E-state index >= 15 is 0 Å². The Balaban J connectivity index is 1.77. The Labute approximate surface area is 113 Å². The first-order valence-electron chi connectivity index (χ1n) is 6.33. The van der Waals surface area contributed by atoms with Gasteiger partial charge in [-0.3, -0.25) is 0 Å². The number of hydrogen-bond acceptors (Lipinski definition) is 3. The van der Waals surface area contributed by atoms with Crippen LogP contribution in [0.2, 0.25) is 0 Å². The summed E-state index contributed by atoms with van der Waals surface area (Å²) in [4.78, 5) is 2.11. The van der Waals surface area contributed by atoms with Crippen LogP contribution in [0.5, 0.6) is 5.75 Å². The molecule has 0 amide bonds. The summed E-state index contributed by atoms with van der Waals surface area (Å²) in [7, 11) is 0. The molecule has 3 rings (SSSR count). The van der Waals surface area contributed by atoms with Crippen molar-refractivity contribution < 1.29 is 9.47 Å². The summed E-state index contributed by atoms with van der Waals surface area (Å²) in [6.07, 6.45) is 1.17. The van der Waals surface area contributed by atoms with Gasteiger partial charge in [-0.2, -0.15) is 0 Å². The highest BCUT2D eigenvalue weighted by atomic mass is 32.1. The Morgan fingerprint density at radius 3 is 3.06 bits per heavy atom. The highest BCUT2D eigenvalue weighted by Gasteiger charge is 2.40. The van der Waals surface area contributed by atoms with Gasteiger partial charge in [-0.15, -0.1) is 0 Å². The lowest BCUT2D eigenvalue weighted by Gasteiger charge is -2.28. The summed E-state index contributed by atoms with van der Waals surface area (Å²) < 4.78 is 11.8. The van der Waals surface area contributed by atoms with Crippen LogP contribution in [-0.4, -0.2) is 35.4 Å². The smallest absolute Gasteiger partial charge is 0.259 e. The zero-order valence-electron chi connectivity index (χ0n) is 10.7. The van der Waals surface area contributed by atoms with E-state index in [1.807, 2.05) is 12.1 Å². The number of rotatable bonds is 2. The minimum Gasteiger partial charge on any atom is -0.486 e. The predicted molar refractivity (Wildman–Crippen MR) is 74.0 cm³/mol. The van der Waals surface area contributed by atoms with Crippen molar-refractivity contribution in [2.24, 2.45) is 0 Å². The van der Waals surface area contributed by atoms with Crippen LogP contribution >= 0.6 is 12.2 Å². The minimum atomic E-state index is 0.0890. The molecular formula is C14H17NO2S. The molecule has 2 heterocycles. The number of fused-ring (bicyclic) bond motifs is 2. The molecule has 0 aromatic heterocycles. The molecule has 2 aliphatic heterocycles. The van der Waals surface area contributed by atoms with Crippen molar-refractivity contribution in [3.63, 3.8) is 0 Å². The van der Waals surface area contributed by atoms with Gasteiger partial charge in [0.15, 0.2) is 6.10 Å². The number of ether oxygens (including phenoxy) is 2. The fourth-order valence-electron chi connectivity index (χ4n) is 2.53. The zero-order valence-corrected chi connectivity index (χ0v) is 11.5.